The summed E-state index contributed by atoms with van der Waals surface area (Å²) in [6.07, 6.45) is 1.80. The number of rotatable bonds is 6. The minimum Gasteiger partial charge on any atom is -0.486 e. The molecule has 2 aromatic rings. The van der Waals surface area contributed by atoms with Crippen LogP contribution in [0.2, 0.25) is 0 Å². The Bertz CT molecular complexity index is 821. The summed E-state index contributed by atoms with van der Waals surface area (Å²) >= 11 is 0. The lowest BCUT2D eigenvalue weighted by Gasteiger charge is -2.35. The van der Waals surface area contributed by atoms with E-state index in [1.807, 2.05) is 42.2 Å². The maximum Gasteiger partial charge on any atom is 0.317 e. The maximum atomic E-state index is 12.8. The van der Waals surface area contributed by atoms with Crippen LogP contribution < -0.4 is 14.8 Å². The van der Waals surface area contributed by atoms with Crippen molar-refractivity contribution in [1.82, 2.24) is 15.1 Å². The number of hydrogen-bond donors (Lipinski definition) is 1. The average molecular weight is 410 g/mol. The first-order chi connectivity index (χ1) is 14.7. The van der Waals surface area contributed by atoms with Gasteiger partial charge in [0.05, 0.1) is 6.54 Å². The maximum absolute atomic E-state index is 12.8. The molecule has 1 atom stereocenters. The number of benzene rings is 2. The van der Waals surface area contributed by atoms with Gasteiger partial charge in [0.2, 0.25) is 0 Å². The zero-order valence-electron chi connectivity index (χ0n) is 17.6. The molecule has 2 heterocycles. The molecular formula is C24H31N3O3. The van der Waals surface area contributed by atoms with Crippen LogP contribution in [0.4, 0.5) is 4.79 Å². The normalized spacial score (nSPS) is 19.3. The van der Waals surface area contributed by atoms with Crippen molar-refractivity contribution in [1.29, 1.82) is 0 Å². The standard InChI is InChI=1S/C24H31N3O3/c1-2-27(17-21-18-29-22-10-6-7-11-23(22)30-21)24(28)25-20-12-14-26(15-13-20)16-19-8-4-3-5-9-19/h3-11,20-21H,2,12-18H2,1H3,(H,25,28). The number of para-hydroxylation sites is 2. The molecule has 0 aromatic heterocycles. The smallest absolute Gasteiger partial charge is 0.317 e. The van der Waals surface area contributed by atoms with Gasteiger partial charge in [-0.15, -0.1) is 0 Å². The molecule has 1 unspecified atom stereocenters. The molecule has 4 rings (SSSR count). The average Bonchev–Trinajstić information content (AvgIpc) is 2.79. The zero-order chi connectivity index (χ0) is 20.8. The Balaban J connectivity index is 1.23. The molecule has 1 N–H and O–H groups in total. The van der Waals surface area contributed by atoms with E-state index in [1.165, 1.54) is 5.56 Å². The van der Waals surface area contributed by atoms with Crippen molar-refractivity contribution in [3.05, 3.63) is 60.2 Å². The molecule has 0 aliphatic carbocycles. The van der Waals surface area contributed by atoms with Crippen molar-refractivity contribution < 1.29 is 14.3 Å². The predicted molar refractivity (Wildman–Crippen MR) is 117 cm³/mol. The summed E-state index contributed by atoms with van der Waals surface area (Å²) in [5.41, 5.74) is 1.34. The second kappa shape index (κ2) is 9.85. The Hall–Kier alpha value is -2.73. The summed E-state index contributed by atoms with van der Waals surface area (Å²) in [7, 11) is 0. The SMILES string of the molecule is CCN(CC1COc2ccccc2O1)C(=O)NC1CCN(Cc2ccccc2)CC1. The monoisotopic (exact) mass is 409 g/mol. The van der Waals surface area contributed by atoms with Gasteiger partial charge in [-0.1, -0.05) is 42.5 Å². The van der Waals surface area contributed by atoms with Gasteiger partial charge in [-0.05, 0) is 37.5 Å². The van der Waals surface area contributed by atoms with E-state index in [0.29, 0.717) is 19.7 Å². The number of carbonyl (C=O) groups is 1. The fourth-order valence-corrected chi connectivity index (χ4v) is 4.10. The summed E-state index contributed by atoms with van der Waals surface area (Å²) in [6.45, 7) is 6.59. The van der Waals surface area contributed by atoms with E-state index in [4.69, 9.17) is 9.47 Å². The van der Waals surface area contributed by atoms with E-state index in [0.717, 1.165) is 44.0 Å². The van der Waals surface area contributed by atoms with Gasteiger partial charge >= 0.3 is 6.03 Å². The number of likely N-dealkylation sites (tertiary alicyclic amines) is 1. The molecule has 1 saturated heterocycles. The summed E-state index contributed by atoms with van der Waals surface area (Å²) in [4.78, 5) is 17.1. The number of nitrogens with zero attached hydrogens (tertiary/aromatic N) is 2. The van der Waals surface area contributed by atoms with Crippen LogP contribution in [0.15, 0.2) is 54.6 Å². The highest BCUT2D eigenvalue weighted by atomic mass is 16.6. The van der Waals surface area contributed by atoms with E-state index >= 15 is 0 Å². The Morgan fingerprint density at radius 3 is 2.50 bits per heavy atom. The highest BCUT2D eigenvalue weighted by Crippen LogP contribution is 2.31. The third-order valence-corrected chi connectivity index (χ3v) is 5.82. The van der Waals surface area contributed by atoms with Gasteiger partial charge in [0.1, 0.15) is 6.61 Å². The quantitative estimate of drug-likeness (QED) is 0.793. The minimum atomic E-state index is -0.154. The summed E-state index contributed by atoms with van der Waals surface area (Å²) in [5.74, 6) is 1.51. The first-order valence-electron chi connectivity index (χ1n) is 10.9. The number of ether oxygens (including phenoxy) is 2. The van der Waals surface area contributed by atoms with Crippen LogP contribution in [-0.4, -0.2) is 60.8 Å². The van der Waals surface area contributed by atoms with Crippen LogP contribution in [0.1, 0.15) is 25.3 Å². The highest BCUT2D eigenvalue weighted by molar-refractivity contribution is 5.74. The van der Waals surface area contributed by atoms with Gasteiger partial charge < -0.3 is 19.7 Å². The number of nitrogens with one attached hydrogen (secondary N) is 1. The van der Waals surface area contributed by atoms with Crippen molar-refractivity contribution in [3.8, 4) is 11.5 Å². The molecule has 160 valence electrons. The molecule has 6 heteroatoms. The molecule has 6 nitrogen and oxygen atoms in total. The largest absolute Gasteiger partial charge is 0.486 e. The lowest BCUT2D eigenvalue weighted by atomic mass is 10.0. The third-order valence-electron chi connectivity index (χ3n) is 5.82. The molecular weight excluding hydrogens is 378 g/mol. The lowest BCUT2D eigenvalue weighted by molar-refractivity contribution is 0.0665. The number of hydrogen-bond acceptors (Lipinski definition) is 4. The predicted octanol–water partition coefficient (Wildman–Crippen LogP) is 3.52. The van der Waals surface area contributed by atoms with Gasteiger partial charge in [0.15, 0.2) is 17.6 Å². The number of likely N-dealkylation sites (N-methyl/N-ethyl adjacent to an activating group) is 1. The highest BCUT2D eigenvalue weighted by Gasteiger charge is 2.27. The summed E-state index contributed by atoms with van der Waals surface area (Å²) in [5, 5.41) is 3.23. The second-order valence-electron chi connectivity index (χ2n) is 8.02. The van der Waals surface area contributed by atoms with Gasteiger partial charge in [0, 0.05) is 32.2 Å². The molecule has 0 spiro atoms. The van der Waals surface area contributed by atoms with Crippen LogP contribution in [0, 0.1) is 0 Å². The van der Waals surface area contributed by atoms with Crippen molar-refractivity contribution in [2.45, 2.75) is 38.5 Å². The fourth-order valence-electron chi connectivity index (χ4n) is 4.10. The Morgan fingerprint density at radius 2 is 1.77 bits per heavy atom. The number of amides is 2. The Morgan fingerprint density at radius 1 is 1.07 bits per heavy atom. The first-order valence-corrected chi connectivity index (χ1v) is 10.9. The van der Waals surface area contributed by atoms with Gasteiger partial charge in [-0.2, -0.15) is 0 Å². The van der Waals surface area contributed by atoms with Crippen LogP contribution in [0.25, 0.3) is 0 Å². The van der Waals surface area contributed by atoms with E-state index in [2.05, 4.69) is 34.5 Å². The van der Waals surface area contributed by atoms with E-state index in [9.17, 15) is 4.79 Å². The summed E-state index contributed by atoms with van der Waals surface area (Å²) in [6, 6.07) is 18.4. The molecule has 2 aromatic carbocycles. The third kappa shape index (κ3) is 5.25. The van der Waals surface area contributed by atoms with E-state index in [-0.39, 0.29) is 18.2 Å². The molecule has 2 amide bonds. The molecule has 0 radical (unpaired) electrons. The molecule has 1 fully saturated rings. The fraction of sp³-hybridized carbons (Fsp3) is 0.458. The van der Waals surface area contributed by atoms with Crippen molar-refractivity contribution in [3.63, 3.8) is 0 Å². The molecule has 30 heavy (non-hydrogen) atoms. The zero-order valence-corrected chi connectivity index (χ0v) is 17.6. The van der Waals surface area contributed by atoms with Gasteiger partial charge in [-0.25, -0.2) is 4.79 Å². The van der Waals surface area contributed by atoms with Crippen molar-refractivity contribution in [2.24, 2.45) is 0 Å². The van der Waals surface area contributed by atoms with E-state index < -0.39 is 0 Å². The van der Waals surface area contributed by atoms with Crippen molar-refractivity contribution >= 4 is 6.03 Å². The molecule has 2 aliphatic heterocycles. The molecule has 0 saturated carbocycles. The molecule has 0 bridgehead atoms. The Labute approximate surface area is 178 Å². The first kappa shape index (κ1) is 20.5. The Kier molecular flexibility index (Phi) is 6.74. The molecule has 2 aliphatic rings. The number of piperidine rings is 1. The lowest BCUT2D eigenvalue weighted by Crippen LogP contribution is -2.52. The van der Waals surface area contributed by atoms with Gasteiger partial charge in [-0.3, -0.25) is 4.90 Å². The van der Waals surface area contributed by atoms with Crippen LogP contribution in [0.3, 0.4) is 0 Å². The topological polar surface area (TPSA) is 54.0 Å². The second-order valence-corrected chi connectivity index (χ2v) is 8.02. The number of urea groups is 1. The van der Waals surface area contributed by atoms with Crippen LogP contribution >= 0.6 is 0 Å². The number of fused-ring (bicyclic) bond motifs is 1. The minimum absolute atomic E-state index is 0.0125. The van der Waals surface area contributed by atoms with E-state index in [1.54, 1.807) is 0 Å². The van der Waals surface area contributed by atoms with Crippen LogP contribution in [-0.2, 0) is 6.54 Å². The van der Waals surface area contributed by atoms with Crippen molar-refractivity contribution in [2.75, 3.05) is 32.8 Å². The van der Waals surface area contributed by atoms with Gasteiger partial charge in [0.25, 0.3) is 0 Å². The number of carbonyl (C=O) groups excluding carboxylic acids is 1. The summed E-state index contributed by atoms with van der Waals surface area (Å²) < 4.78 is 11.8. The van der Waals surface area contributed by atoms with Crippen LogP contribution in [0.5, 0.6) is 11.5 Å².